The molecule has 2 heterocycles. The van der Waals surface area contributed by atoms with Crippen LogP contribution in [0.5, 0.6) is 0 Å². The van der Waals surface area contributed by atoms with Crippen LogP contribution in [0.1, 0.15) is 28.9 Å². The van der Waals surface area contributed by atoms with E-state index >= 15 is 0 Å². The lowest BCUT2D eigenvalue weighted by Crippen LogP contribution is -2.39. The molecule has 0 aliphatic rings. The van der Waals surface area contributed by atoms with Crippen LogP contribution < -0.4 is 11.1 Å². The Labute approximate surface area is 192 Å². The number of alkyl halides is 3. The van der Waals surface area contributed by atoms with Crippen LogP contribution >= 0.6 is 0 Å². The molecule has 176 valence electrons. The van der Waals surface area contributed by atoms with Crippen molar-refractivity contribution in [2.24, 2.45) is 5.73 Å². The van der Waals surface area contributed by atoms with Gasteiger partial charge in [-0.2, -0.15) is 13.2 Å². The van der Waals surface area contributed by atoms with E-state index in [0.717, 1.165) is 27.2 Å². The third-order valence-electron chi connectivity index (χ3n) is 4.94. The number of benzene rings is 2. The van der Waals surface area contributed by atoms with Gasteiger partial charge in [-0.15, -0.1) is 0 Å². The first-order valence-electron chi connectivity index (χ1n) is 10.1. The first-order chi connectivity index (χ1) is 16.1. The van der Waals surface area contributed by atoms with Gasteiger partial charge in [-0.05, 0) is 41.5 Å². The molecule has 2 unspecified atom stereocenters. The minimum absolute atomic E-state index is 0.198. The molecule has 0 radical (unpaired) electrons. The number of aliphatic carboxylic acids is 1. The normalized spacial score (nSPS) is 13.0. The number of carboxylic acids is 1. The zero-order chi connectivity index (χ0) is 24.9. The van der Waals surface area contributed by atoms with Crippen molar-refractivity contribution in [1.82, 2.24) is 15.3 Å². The molecular weight excluding hydrogens is 449 g/mol. The summed E-state index contributed by atoms with van der Waals surface area (Å²) in [6.07, 6.45) is -0.152. The number of carbonyl (C=O) groups excluding carboxylic acids is 1. The third kappa shape index (κ3) is 6.04. The second kappa shape index (κ2) is 10.3. The number of hydrogen-bond donors (Lipinski definition) is 3. The number of carboxylic acid groups (broad SMARTS) is 1. The highest BCUT2D eigenvalue weighted by molar-refractivity contribution is 5.97. The standard InChI is InChI=1S/C22H20N4O.C2HF3O2/c1-14(23)21(18-7-6-15-4-2-3-5-16(15)10-18)26-22(27)19-11-17-8-9-24-13-20(17)25-12-19;3-2(4,5)1(6)7/h2-14,21H,23H2,1H3,(H,26,27);(H,6,7). The average molecular weight is 470 g/mol. The number of nitrogens with one attached hydrogen (secondary N) is 1. The predicted octanol–water partition coefficient (Wildman–Crippen LogP) is 4.23. The molecule has 2 aromatic heterocycles. The average Bonchev–Trinajstić information content (AvgIpc) is 2.81. The smallest absolute Gasteiger partial charge is 0.475 e. The number of rotatable bonds is 4. The summed E-state index contributed by atoms with van der Waals surface area (Å²) in [5, 5.41) is 13.3. The van der Waals surface area contributed by atoms with Gasteiger partial charge in [-0.1, -0.05) is 36.4 Å². The van der Waals surface area contributed by atoms with Crippen molar-refractivity contribution in [3.63, 3.8) is 0 Å². The van der Waals surface area contributed by atoms with Gasteiger partial charge in [-0.3, -0.25) is 14.8 Å². The number of pyridine rings is 2. The van der Waals surface area contributed by atoms with Crippen molar-refractivity contribution in [1.29, 1.82) is 0 Å². The van der Waals surface area contributed by atoms with Crippen molar-refractivity contribution < 1.29 is 27.9 Å². The molecular formula is C24H21F3N4O3. The van der Waals surface area contributed by atoms with Crippen molar-refractivity contribution in [2.75, 3.05) is 0 Å². The summed E-state index contributed by atoms with van der Waals surface area (Å²) in [4.78, 5) is 30.1. The number of hydrogen-bond acceptors (Lipinski definition) is 5. The molecule has 7 nitrogen and oxygen atoms in total. The summed E-state index contributed by atoms with van der Waals surface area (Å²) in [6.45, 7) is 1.89. The Morgan fingerprint density at radius 3 is 2.32 bits per heavy atom. The Hall–Kier alpha value is -4.05. The van der Waals surface area contributed by atoms with Crippen molar-refractivity contribution in [3.8, 4) is 0 Å². The lowest BCUT2D eigenvalue weighted by atomic mass is 9.97. The number of carbonyl (C=O) groups is 2. The summed E-state index contributed by atoms with van der Waals surface area (Å²) < 4.78 is 31.7. The summed E-state index contributed by atoms with van der Waals surface area (Å²) in [7, 11) is 0. The second-order valence-electron chi connectivity index (χ2n) is 7.51. The van der Waals surface area contributed by atoms with E-state index < -0.39 is 12.1 Å². The van der Waals surface area contributed by atoms with Crippen molar-refractivity contribution >= 4 is 33.6 Å². The van der Waals surface area contributed by atoms with Gasteiger partial charge < -0.3 is 16.2 Å². The molecule has 0 bridgehead atoms. The molecule has 0 spiro atoms. The van der Waals surface area contributed by atoms with Gasteiger partial charge in [0, 0.05) is 23.8 Å². The molecule has 0 aliphatic carbocycles. The fraction of sp³-hybridized carbons (Fsp3) is 0.167. The van der Waals surface area contributed by atoms with Gasteiger partial charge in [0.1, 0.15) is 0 Å². The fourth-order valence-corrected chi connectivity index (χ4v) is 3.24. The van der Waals surface area contributed by atoms with E-state index in [0.29, 0.717) is 5.56 Å². The molecule has 0 fully saturated rings. The maximum atomic E-state index is 12.8. The van der Waals surface area contributed by atoms with Gasteiger partial charge in [0.2, 0.25) is 0 Å². The van der Waals surface area contributed by atoms with E-state index in [1.165, 1.54) is 0 Å². The van der Waals surface area contributed by atoms with Crippen LogP contribution in [-0.2, 0) is 4.79 Å². The number of halogens is 3. The zero-order valence-corrected chi connectivity index (χ0v) is 18.0. The first-order valence-corrected chi connectivity index (χ1v) is 10.1. The van der Waals surface area contributed by atoms with Gasteiger partial charge in [0.25, 0.3) is 5.91 Å². The molecule has 0 saturated carbocycles. The van der Waals surface area contributed by atoms with Crippen LogP contribution in [0.25, 0.3) is 21.7 Å². The second-order valence-corrected chi connectivity index (χ2v) is 7.51. The summed E-state index contributed by atoms with van der Waals surface area (Å²) in [6, 6.07) is 17.4. The van der Waals surface area contributed by atoms with Crippen LogP contribution in [0, 0.1) is 0 Å². The summed E-state index contributed by atoms with van der Waals surface area (Å²) in [5.74, 6) is -2.95. The SMILES string of the molecule is CC(N)C(NC(=O)c1cnc2cnccc2c1)c1ccc2ccccc2c1.O=C(O)C(F)(F)F. The Kier molecular flexibility index (Phi) is 7.42. The highest BCUT2D eigenvalue weighted by Crippen LogP contribution is 2.23. The van der Waals surface area contributed by atoms with E-state index in [2.05, 4.69) is 39.6 Å². The van der Waals surface area contributed by atoms with Crippen molar-refractivity contribution in [3.05, 3.63) is 84.3 Å². The van der Waals surface area contributed by atoms with Gasteiger partial charge in [-0.25, -0.2) is 4.79 Å². The lowest BCUT2D eigenvalue weighted by Gasteiger charge is -2.23. The number of nitrogens with two attached hydrogens (primary N) is 1. The molecule has 0 saturated heterocycles. The molecule has 4 aromatic rings. The Bertz CT molecular complexity index is 1330. The van der Waals surface area contributed by atoms with Gasteiger partial charge >= 0.3 is 12.1 Å². The van der Waals surface area contributed by atoms with Crippen LogP contribution in [-0.4, -0.2) is 39.2 Å². The van der Waals surface area contributed by atoms with E-state index in [-0.39, 0.29) is 18.0 Å². The van der Waals surface area contributed by atoms with E-state index in [1.54, 1.807) is 18.6 Å². The minimum Gasteiger partial charge on any atom is -0.475 e. The fourth-order valence-electron chi connectivity index (χ4n) is 3.24. The molecule has 1 amide bonds. The topological polar surface area (TPSA) is 118 Å². The van der Waals surface area contributed by atoms with E-state index in [1.807, 2.05) is 37.3 Å². The monoisotopic (exact) mass is 470 g/mol. The van der Waals surface area contributed by atoms with Crippen LogP contribution in [0.15, 0.2) is 73.2 Å². The summed E-state index contributed by atoms with van der Waals surface area (Å²) in [5.41, 5.74) is 8.43. The molecule has 10 heteroatoms. The molecule has 0 aliphatic heterocycles. The Morgan fingerprint density at radius 1 is 1.00 bits per heavy atom. The van der Waals surface area contributed by atoms with Crippen LogP contribution in [0.3, 0.4) is 0 Å². The highest BCUT2D eigenvalue weighted by atomic mass is 19.4. The van der Waals surface area contributed by atoms with Crippen molar-refractivity contribution in [2.45, 2.75) is 25.2 Å². The van der Waals surface area contributed by atoms with Crippen LogP contribution in [0.2, 0.25) is 0 Å². The van der Waals surface area contributed by atoms with Crippen LogP contribution in [0.4, 0.5) is 13.2 Å². The molecule has 4 N–H and O–H groups in total. The van der Waals surface area contributed by atoms with Gasteiger partial charge in [0.05, 0.1) is 23.3 Å². The maximum Gasteiger partial charge on any atom is 0.490 e. The number of aromatic nitrogens is 2. The maximum absolute atomic E-state index is 12.8. The van der Waals surface area contributed by atoms with E-state index in [4.69, 9.17) is 15.6 Å². The molecule has 2 atom stereocenters. The number of amides is 1. The zero-order valence-electron chi connectivity index (χ0n) is 18.0. The number of fused-ring (bicyclic) bond motifs is 2. The first kappa shape index (κ1) is 24.6. The van der Waals surface area contributed by atoms with E-state index in [9.17, 15) is 18.0 Å². The largest absolute Gasteiger partial charge is 0.490 e. The predicted molar refractivity (Wildman–Crippen MR) is 121 cm³/mol. The highest BCUT2D eigenvalue weighted by Gasteiger charge is 2.38. The minimum atomic E-state index is -5.08. The third-order valence-corrected chi connectivity index (χ3v) is 4.94. The quantitative estimate of drug-likeness (QED) is 0.411. The molecule has 2 aromatic carbocycles. The van der Waals surface area contributed by atoms with Gasteiger partial charge in [0.15, 0.2) is 0 Å². The Morgan fingerprint density at radius 2 is 1.68 bits per heavy atom. The molecule has 4 rings (SSSR count). The summed E-state index contributed by atoms with van der Waals surface area (Å²) >= 11 is 0. The Balaban J connectivity index is 0.000000406. The number of nitrogens with zero attached hydrogens (tertiary/aromatic N) is 2. The molecule has 34 heavy (non-hydrogen) atoms. The lowest BCUT2D eigenvalue weighted by molar-refractivity contribution is -0.192.